The van der Waals surface area contributed by atoms with Crippen LogP contribution in [0.1, 0.15) is 38.7 Å². The van der Waals surface area contributed by atoms with Gasteiger partial charge in [-0.1, -0.05) is 38.5 Å². The molecule has 2 aromatic rings. The molecule has 0 radical (unpaired) electrons. The van der Waals surface area contributed by atoms with Crippen LogP contribution in [0.15, 0.2) is 30.5 Å². The molecule has 2 rings (SSSR count). The second-order valence-electron chi connectivity index (χ2n) is 8.72. The minimum absolute atomic E-state index is 0.0354. The third-order valence-corrected chi connectivity index (χ3v) is 5.99. The first-order valence-corrected chi connectivity index (χ1v) is 11.7. The van der Waals surface area contributed by atoms with E-state index >= 15 is 0 Å². The minimum Gasteiger partial charge on any atom is -0.480 e. The average molecular weight is 503 g/mol. The van der Waals surface area contributed by atoms with Crippen molar-refractivity contribution in [1.29, 1.82) is 0 Å². The van der Waals surface area contributed by atoms with Gasteiger partial charge in [0.1, 0.15) is 12.1 Å². The van der Waals surface area contributed by atoms with Crippen molar-refractivity contribution in [2.75, 3.05) is 6.54 Å². The molecule has 0 aliphatic carbocycles. The number of aliphatic carboxylic acids is 1. The normalized spacial score (nSPS) is 14.3. The summed E-state index contributed by atoms with van der Waals surface area (Å²) in [5.74, 6) is -4.04. The molecule has 4 atom stereocenters. The van der Waals surface area contributed by atoms with Crippen molar-refractivity contribution < 1.29 is 29.1 Å². The van der Waals surface area contributed by atoms with E-state index in [4.69, 9.17) is 11.5 Å². The predicted molar refractivity (Wildman–Crippen MR) is 132 cm³/mol. The maximum atomic E-state index is 13.0. The van der Waals surface area contributed by atoms with Crippen LogP contribution in [0, 0.1) is 5.92 Å². The molecule has 9 N–H and O–H groups in total. The van der Waals surface area contributed by atoms with Crippen molar-refractivity contribution >= 4 is 40.5 Å². The number of carbonyl (C=O) groups excluding carboxylic acids is 4. The number of fused-ring (bicyclic) bond motifs is 1. The Bertz CT molecular complexity index is 1100. The molecule has 0 spiro atoms. The fourth-order valence-corrected chi connectivity index (χ4v) is 3.64. The summed E-state index contributed by atoms with van der Waals surface area (Å²) in [5.41, 5.74) is 12.3. The van der Waals surface area contributed by atoms with Crippen LogP contribution in [0.4, 0.5) is 0 Å². The SMILES string of the molecule is CCC(C)C(NC(=O)CNC(=O)C(N)CCC(N)=O)C(=O)NC(Cc1c[nH]c2ccccc12)C(=O)O. The highest BCUT2D eigenvalue weighted by Crippen LogP contribution is 2.19. The summed E-state index contributed by atoms with van der Waals surface area (Å²) < 4.78 is 0. The zero-order chi connectivity index (χ0) is 26.8. The molecular formula is C24H34N6O6. The largest absolute Gasteiger partial charge is 0.480 e. The van der Waals surface area contributed by atoms with Gasteiger partial charge in [0.2, 0.25) is 23.6 Å². The topological polar surface area (TPSA) is 209 Å². The highest BCUT2D eigenvalue weighted by atomic mass is 16.4. The van der Waals surface area contributed by atoms with Gasteiger partial charge in [-0.2, -0.15) is 0 Å². The Hall–Kier alpha value is -3.93. The van der Waals surface area contributed by atoms with Crippen molar-refractivity contribution in [3.05, 3.63) is 36.0 Å². The number of hydrogen-bond acceptors (Lipinski definition) is 6. The highest BCUT2D eigenvalue weighted by Gasteiger charge is 2.30. The fourth-order valence-electron chi connectivity index (χ4n) is 3.64. The third kappa shape index (κ3) is 8.08. The summed E-state index contributed by atoms with van der Waals surface area (Å²) in [6.07, 6.45) is 2.25. The highest BCUT2D eigenvalue weighted by molar-refractivity contribution is 5.93. The number of nitrogens with two attached hydrogens (primary N) is 2. The average Bonchev–Trinajstić information content (AvgIpc) is 3.25. The molecule has 0 aliphatic heterocycles. The number of carboxylic acids is 1. The molecule has 196 valence electrons. The molecular weight excluding hydrogens is 468 g/mol. The Balaban J connectivity index is 2.01. The van der Waals surface area contributed by atoms with E-state index in [2.05, 4.69) is 20.9 Å². The maximum absolute atomic E-state index is 13.0. The van der Waals surface area contributed by atoms with Crippen LogP contribution in [0.3, 0.4) is 0 Å². The summed E-state index contributed by atoms with van der Waals surface area (Å²) in [6.45, 7) is 3.14. The van der Waals surface area contributed by atoms with Crippen molar-refractivity contribution in [1.82, 2.24) is 20.9 Å². The first kappa shape index (κ1) is 28.3. The summed E-state index contributed by atoms with van der Waals surface area (Å²) in [7, 11) is 0. The van der Waals surface area contributed by atoms with Gasteiger partial charge in [0.05, 0.1) is 12.6 Å². The van der Waals surface area contributed by atoms with Gasteiger partial charge >= 0.3 is 5.97 Å². The number of para-hydroxylation sites is 1. The quantitative estimate of drug-likeness (QED) is 0.180. The summed E-state index contributed by atoms with van der Waals surface area (Å²) in [6, 6.07) is 4.17. The lowest BCUT2D eigenvalue weighted by Crippen LogP contribution is -2.56. The van der Waals surface area contributed by atoms with E-state index in [9.17, 15) is 29.1 Å². The predicted octanol–water partition coefficient (Wildman–Crippen LogP) is -0.480. The van der Waals surface area contributed by atoms with Gasteiger partial charge in [-0.05, 0) is 24.0 Å². The molecule has 4 unspecified atom stereocenters. The zero-order valence-corrected chi connectivity index (χ0v) is 20.4. The second-order valence-corrected chi connectivity index (χ2v) is 8.72. The van der Waals surface area contributed by atoms with Crippen molar-refractivity contribution in [2.45, 2.75) is 57.7 Å². The van der Waals surface area contributed by atoms with Gasteiger partial charge in [0, 0.05) is 29.9 Å². The van der Waals surface area contributed by atoms with Crippen molar-refractivity contribution in [3.63, 3.8) is 0 Å². The van der Waals surface area contributed by atoms with Crippen LogP contribution in [0.2, 0.25) is 0 Å². The third-order valence-electron chi connectivity index (χ3n) is 5.99. The van der Waals surface area contributed by atoms with E-state index in [1.54, 1.807) is 13.1 Å². The van der Waals surface area contributed by atoms with E-state index in [1.165, 1.54) is 0 Å². The van der Waals surface area contributed by atoms with E-state index in [0.717, 1.165) is 16.5 Å². The molecule has 12 heteroatoms. The first-order valence-electron chi connectivity index (χ1n) is 11.7. The molecule has 0 fully saturated rings. The number of hydrogen-bond donors (Lipinski definition) is 7. The standard InChI is InChI=1S/C24H34N6O6/c1-3-13(2)21(30-20(32)12-28-22(33)16(25)8-9-19(26)31)23(34)29-18(24(35)36)10-14-11-27-17-7-5-4-6-15(14)17/h4-7,11,13,16,18,21,27H,3,8-10,12,25H2,1-2H3,(H2,26,31)(H,28,33)(H,29,34)(H,30,32)(H,35,36). The molecule has 1 aromatic heterocycles. The van der Waals surface area contributed by atoms with Crippen molar-refractivity contribution in [3.8, 4) is 0 Å². The lowest BCUT2D eigenvalue weighted by Gasteiger charge is -2.25. The lowest BCUT2D eigenvalue weighted by atomic mass is 9.97. The van der Waals surface area contributed by atoms with Gasteiger partial charge in [0.25, 0.3) is 0 Å². The number of carboxylic acid groups (broad SMARTS) is 1. The van der Waals surface area contributed by atoms with E-state index in [0.29, 0.717) is 6.42 Å². The van der Waals surface area contributed by atoms with Crippen LogP contribution in [-0.2, 0) is 30.4 Å². The monoisotopic (exact) mass is 502 g/mol. The molecule has 0 aliphatic rings. The molecule has 36 heavy (non-hydrogen) atoms. The summed E-state index contributed by atoms with van der Waals surface area (Å²) in [4.78, 5) is 63.3. The first-order chi connectivity index (χ1) is 17.0. The number of H-pyrrole nitrogens is 1. The molecule has 0 saturated carbocycles. The molecule has 4 amide bonds. The second kappa shape index (κ2) is 13.2. The Morgan fingerprint density at radius 1 is 1.08 bits per heavy atom. The van der Waals surface area contributed by atoms with Gasteiger partial charge in [-0.3, -0.25) is 19.2 Å². The van der Waals surface area contributed by atoms with Gasteiger partial charge < -0.3 is 37.5 Å². The Kier molecular flexibility index (Phi) is 10.4. The number of aromatic amines is 1. The van der Waals surface area contributed by atoms with Gasteiger partial charge in [-0.25, -0.2) is 4.79 Å². The Morgan fingerprint density at radius 3 is 2.42 bits per heavy atom. The van der Waals surface area contributed by atoms with Crippen LogP contribution >= 0.6 is 0 Å². The van der Waals surface area contributed by atoms with Gasteiger partial charge in [-0.15, -0.1) is 0 Å². The number of aromatic nitrogens is 1. The summed E-state index contributed by atoms with van der Waals surface area (Å²) in [5, 5.41) is 18.0. The molecule has 0 saturated heterocycles. The number of benzene rings is 1. The van der Waals surface area contributed by atoms with Crippen LogP contribution < -0.4 is 27.4 Å². The number of rotatable bonds is 14. The molecule has 1 aromatic carbocycles. The Labute approximate surface area is 208 Å². The van der Waals surface area contributed by atoms with Gasteiger partial charge in [0.15, 0.2) is 0 Å². The van der Waals surface area contributed by atoms with Crippen LogP contribution in [0.5, 0.6) is 0 Å². The number of amides is 4. The minimum atomic E-state index is -1.22. The number of nitrogens with one attached hydrogen (secondary N) is 4. The van der Waals surface area contributed by atoms with E-state index < -0.39 is 54.3 Å². The fraction of sp³-hybridized carbons (Fsp3) is 0.458. The van der Waals surface area contributed by atoms with E-state index in [1.807, 2.05) is 31.2 Å². The molecule has 12 nitrogen and oxygen atoms in total. The lowest BCUT2D eigenvalue weighted by molar-refractivity contribution is -0.142. The number of carbonyl (C=O) groups is 5. The molecule has 0 bridgehead atoms. The molecule has 1 heterocycles. The number of primary amides is 1. The van der Waals surface area contributed by atoms with Crippen LogP contribution in [0.25, 0.3) is 10.9 Å². The summed E-state index contributed by atoms with van der Waals surface area (Å²) >= 11 is 0. The Morgan fingerprint density at radius 2 is 1.78 bits per heavy atom. The maximum Gasteiger partial charge on any atom is 0.326 e. The smallest absolute Gasteiger partial charge is 0.326 e. The zero-order valence-electron chi connectivity index (χ0n) is 20.4. The van der Waals surface area contributed by atoms with Crippen molar-refractivity contribution in [2.24, 2.45) is 17.4 Å². The van der Waals surface area contributed by atoms with Crippen LogP contribution in [-0.4, -0.2) is 64.4 Å². The van der Waals surface area contributed by atoms with E-state index in [-0.39, 0.29) is 25.2 Å².